The average Bonchev–Trinajstić information content (AvgIpc) is 2.21. The molecule has 0 amide bonds. The molecule has 1 unspecified atom stereocenters. The summed E-state index contributed by atoms with van der Waals surface area (Å²) in [5.74, 6) is 0. The van der Waals surface area contributed by atoms with Gasteiger partial charge in [0.05, 0.1) is 16.1 Å². The molecule has 0 aliphatic carbocycles. The molecule has 1 rings (SSSR count). The average molecular weight is 249 g/mol. The quantitative estimate of drug-likeness (QED) is 0.854. The van der Waals surface area contributed by atoms with Gasteiger partial charge in [-0.3, -0.25) is 0 Å². The van der Waals surface area contributed by atoms with E-state index >= 15 is 0 Å². The second-order valence-electron chi connectivity index (χ2n) is 3.37. The number of hydrogen-bond acceptors (Lipinski definition) is 3. The molecule has 0 saturated carbocycles. The van der Waals surface area contributed by atoms with Gasteiger partial charge in [-0.25, -0.2) is 0 Å². The number of aliphatic hydroxyl groups excluding tert-OH is 1. The highest BCUT2D eigenvalue weighted by Gasteiger charge is 2.08. The highest BCUT2D eigenvalue weighted by atomic mass is 35.5. The highest BCUT2D eigenvalue weighted by Crippen LogP contribution is 2.26. The van der Waals surface area contributed by atoms with Crippen LogP contribution < -0.4 is 10.6 Å². The second-order valence-corrected chi connectivity index (χ2v) is 4.18. The first-order chi connectivity index (χ1) is 7.04. The van der Waals surface area contributed by atoms with Gasteiger partial charge < -0.3 is 15.7 Å². The molecule has 0 fully saturated rings. The third kappa shape index (κ3) is 3.54. The molecule has 0 aliphatic rings. The zero-order valence-electron chi connectivity index (χ0n) is 8.45. The fourth-order valence-electron chi connectivity index (χ4n) is 1.22. The highest BCUT2D eigenvalue weighted by molar-refractivity contribution is 6.42. The van der Waals surface area contributed by atoms with Gasteiger partial charge in [0, 0.05) is 25.8 Å². The Hall–Kier alpha value is -0.480. The van der Waals surface area contributed by atoms with Crippen molar-refractivity contribution in [1.29, 1.82) is 0 Å². The molecule has 0 heterocycles. The number of nitrogens with zero attached hydrogens (tertiary/aromatic N) is 1. The van der Waals surface area contributed by atoms with Gasteiger partial charge in [-0.05, 0) is 18.2 Å². The summed E-state index contributed by atoms with van der Waals surface area (Å²) in [5.41, 5.74) is 6.23. The Morgan fingerprint density at radius 2 is 2.07 bits per heavy atom. The molecule has 3 N–H and O–H groups in total. The minimum Gasteiger partial charge on any atom is -0.390 e. The van der Waals surface area contributed by atoms with Gasteiger partial charge >= 0.3 is 0 Å². The van der Waals surface area contributed by atoms with Crippen molar-refractivity contribution in [3.05, 3.63) is 28.2 Å². The molecule has 15 heavy (non-hydrogen) atoms. The number of rotatable bonds is 4. The smallest absolute Gasteiger partial charge is 0.0836 e. The van der Waals surface area contributed by atoms with Gasteiger partial charge in [0.25, 0.3) is 0 Å². The van der Waals surface area contributed by atoms with Crippen LogP contribution in [0, 0.1) is 0 Å². The standard InChI is InChI=1S/C10H14Cl2N2O/c1-14(6-8(15)5-13)7-2-3-9(11)10(12)4-7/h2-4,8,15H,5-6,13H2,1H3. The lowest BCUT2D eigenvalue weighted by molar-refractivity contribution is 0.189. The zero-order chi connectivity index (χ0) is 11.4. The number of anilines is 1. The summed E-state index contributed by atoms with van der Waals surface area (Å²) in [6, 6.07) is 5.33. The minimum atomic E-state index is -0.538. The van der Waals surface area contributed by atoms with E-state index < -0.39 is 6.10 Å². The van der Waals surface area contributed by atoms with Crippen molar-refractivity contribution >= 4 is 28.9 Å². The largest absolute Gasteiger partial charge is 0.390 e. The third-order valence-electron chi connectivity index (χ3n) is 2.10. The molecular formula is C10H14Cl2N2O. The van der Waals surface area contributed by atoms with Gasteiger partial charge in [0.2, 0.25) is 0 Å². The van der Waals surface area contributed by atoms with Crippen LogP contribution in [0.5, 0.6) is 0 Å². The summed E-state index contributed by atoms with van der Waals surface area (Å²) >= 11 is 11.7. The van der Waals surface area contributed by atoms with Crippen LogP contribution in [0.3, 0.4) is 0 Å². The lowest BCUT2D eigenvalue weighted by Gasteiger charge is -2.22. The van der Waals surface area contributed by atoms with Crippen molar-refractivity contribution in [2.75, 3.05) is 25.0 Å². The van der Waals surface area contributed by atoms with Crippen LogP contribution in [0.25, 0.3) is 0 Å². The molecule has 0 aromatic heterocycles. The molecule has 0 spiro atoms. The van der Waals surface area contributed by atoms with Gasteiger partial charge in [-0.15, -0.1) is 0 Å². The van der Waals surface area contributed by atoms with Crippen LogP contribution in [0.1, 0.15) is 0 Å². The van der Waals surface area contributed by atoms with Crippen LogP contribution in [0.4, 0.5) is 5.69 Å². The monoisotopic (exact) mass is 248 g/mol. The molecule has 0 bridgehead atoms. The first kappa shape index (κ1) is 12.6. The summed E-state index contributed by atoms with van der Waals surface area (Å²) in [4.78, 5) is 1.87. The Balaban J connectivity index is 2.73. The maximum absolute atomic E-state index is 9.39. The first-order valence-electron chi connectivity index (χ1n) is 4.59. The van der Waals surface area contributed by atoms with Crippen molar-refractivity contribution in [1.82, 2.24) is 0 Å². The Kier molecular flexibility index (Phi) is 4.67. The van der Waals surface area contributed by atoms with Crippen LogP contribution >= 0.6 is 23.2 Å². The van der Waals surface area contributed by atoms with Gasteiger partial charge in [-0.2, -0.15) is 0 Å². The van der Waals surface area contributed by atoms with Gasteiger partial charge in [0.1, 0.15) is 0 Å². The summed E-state index contributed by atoms with van der Waals surface area (Å²) in [6.45, 7) is 0.708. The van der Waals surface area contributed by atoms with E-state index in [1.807, 2.05) is 18.0 Å². The predicted molar refractivity (Wildman–Crippen MR) is 64.8 cm³/mol. The molecular weight excluding hydrogens is 235 g/mol. The van der Waals surface area contributed by atoms with Crippen molar-refractivity contribution < 1.29 is 5.11 Å². The lowest BCUT2D eigenvalue weighted by Crippen LogP contribution is -2.34. The second kappa shape index (κ2) is 5.56. The molecule has 1 aromatic carbocycles. The minimum absolute atomic E-state index is 0.242. The van der Waals surface area contributed by atoms with E-state index in [4.69, 9.17) is 28.9 Å². The van der Waals surface area contributed by atoms with Crippen molar-refractivity contribution in [2.24, 2.45) is 5.73 Å². The predicted octanol–water partition coefficient (Wildman–Crippen LogP) is 1.75. The van der Waals surface area contributed by atoms with E-state index in [1.165, 1.54) is 0 Å². The van der Waals surface area contributed by atoms with Crippen molar-refractivity contribution in [3.8, 4) is 0 Å². The summed E-state index contributed by atoms with van der Waals surface area (Å²) in [5, 5.41) is 10.4. The Morgan fingerprint density at radius 3 is 2.60 bits per heavy atom. The lowest BCUT2D eigenvalue weighted by atomic mass is 10.2. The Labute approximate surface area is 99.4 Å². The fourth-order valence-corrected chi connectivity index (χ4v) is 1.51. The number of benzene rings is 1. The van der Waals surface area contributed by atoms with E-state index in [2.05, 4.69) is 0 Å². The van der Waals surface area contributed by atoms with E-state index in [9.17, 15) is 5.11 Å². The van der Waals surface area contributed by atoms with E-state index in [0.717, 1.165) is 5.69 Å². The Bertz CT molecular complexity index is 333. The van der Waals surface area contributed by atoms with Crippen molar-refractivity contribution in [2.45, 2.75) is 6.10 Å². The number of halogens is 2. The molecule has 3 nitrogen and oxygen atoms in total. The third-order valence-corrected chi connectivity index (χ3v) is 2.84. The van der Waals surface area contributed by atoms with Crippen molar-refractivity contribution in [3.63, 3.8) is 0 Å². The van der Waals surface area contributed by atoms with E-state index in [-0.39, 0.29) is 6.54 Å². The van der Waals surface area contributed by atoms with Crippen LogP contribution in [0.2, 0.25) is 10.0 Å². The normalized spacial score (nSPS) is 12.6. The number of hydrogen-bond donors (Lipinski definition) is 2. The number of likely N-dealkylation sites (N-methyl/N-ethyl adjacent to an activating group) is 1. The molecule has 84 valence electrons. The summed E-state index contributed by atoms with van der Waals surface area (Å²) in [6.07, 6.45) is -0.538. The first-order valence-corrected chi connectivity index (χ1v) is 5.34. The van der Waals surface area contributed by atoms with Crippen LogP contribution in [-0.4, -0.2) is 31.3 Å². The molecule has 1 atom stereocenters. The van der Waals surface area contributed by atoms with E-state index in [1.54, 1.807) is 12.1 Å². The van der Waals surface area contributed by atoms with Crippen LogP contribution in [-0.2, 0) is 0 Å². The van der Waals surface area contributed by atoms with Crippen LogP contribution in [0.15, 0.2) is 18.2 Å². The molecule has 5 heteroatoms. The molecule has 0 saturated heterocycles. The number of nitrogens with two attached hydrogens (primary N) is 1. The zero-order valence-corrected chi connectivity index (χ0v) is 9.96. The van der Waals surface area contributed by atoms with Gasteiger partial charge in [-0.1, -0.05) is 23.2 Å². The molecule has 1 aromatic rings. The van der Waals surface area contributed by atoms with E-state index in [0.29, 0.717) is 16.6 Å². The SMILES string of the molecule is CN(CC(O)CN)c1ccc(Cl)c(Cl)c1. The summed E-state index contributed by atoms with van der Waals surface area (Å²) < 4.78 is 0. The maximum Gasteiger partial charge on any atom is 0.0836 e. The van der Waals surface area contributed by atoms with Gasteiger partial charge in [0.15, 0.2) is 0 Å². The summed E-state index contributed by atoms with van der Waals surface area (Å²) in [7, 11) is 1.86. The maximum atomic E-state index is 9.39. The molecule has 0 aliphatic heterocycles. The Morgan fingerprint density at radius 1 is 1.40 bits per heavy atom. The number of aliphatic hydroxyl groups is 1. The fraction of sp³-hybridized carbons (Fsp3) is 0.400. The topological polar surface area (TPSA) is 49.5 Å². The molecule has 0 radical (unpaired) electrons.